The van der Waals surface area contributed by atoms with Crippen LogP contribution in [0.2, 0.25) is 0 Å². The third kappa shape index (κ3) is 8.49. The van der Waals surface area contributed by atoms with E-state index in [0.29, 0.717) is 25.0 Å². The van der Waals surface area contributed by atoms with Crippen molar-refractivity contribution in [2.24, 2.45) is 5.92 Å². The molecule has 2 aliphatic heterocycles. The van der Waals surface area contributed by atoms with Crippen LogP contribution in [-0.4, -0.2) is 82.9 Å². The van der Waals surface area contributed by atoms with Gasteiger partial charge in [-0.2, -0.15) is 0 Å². The molecule has 34 heavy (non-hydrogen) atoms. The van der Waals surface area contributed by atoms with Gasteiger partial charge >= 0.3 is 12.2 Å². The average molecular weight is 474 g/mol. The quantitative estimate of drug-likeness (QED) is 0.569. The lowest BCUT2D eigenvalue weighted by molar-refractivity contribution is 0.0178. The van der Waals surface area contributed by atoms with Gasteiger partial charge in [0.05, 0.1) is 0 Å². The van der Waals surface area contributed by atoms with Crippen LogP contribution < -0.4 is 0 Å². The summed E-state index contributed by atoms with van der Waals surface area (Å²) >= 11 is 0. The van der Waals surface area contributed by atoms with Crippen molar-refractivity contribution in [2.45, 2.75) is 77.4 Å². The van der Waals surface area contributed by atoms with E-state index in [0.717, 1.165) is 64.7 Å². The molecule has 7 nitrogen and oxygen atoms in total. The van der Waals surface area contributed by atoms with E-state index < -0.39 is 11.7 Å². The maximum atomic E-state index is 12.3. The molecule has 0 saturated carbocycles. The molecule has 0 spiro atoms. The first-order valence-electron chi connectivity index (χ1n) is 12.9. The van der Waals surface area contributed by atoms with Gasteiger partial charge in [0.15, 0.2) is 0 Å². The molecule has 2 aliphatic rings. The minimum absolute atomic E-state index is 0.189. The van der Waals surface area contributed by atoms with Crippen LogP contribution in [0.15, 0.2) is 30.3 Å². The Balaban J connectivity index is 1.45. The monoisotopic (exact) mass is 473 g/mol. The number of rotatable bonds is 8. The lowest BCUT2D eigenvalue weighted by Gasteiger charge is -2.38. The summed E-state index contributed by atoms with van der Waals surface area (Å²) in [5.74, 6) is 0.656. The molecule has 0 bridgehead atoms. The normalized spacial score (nSPS) is 18.4. The number of amides is 2. The summed E-state index contributed by atoms with van der Waals surface area (Å²) in [6.45, 7) is 10.6. The van der Waals surface area contributed by atoms with E-state index in [1.807, 2.05) is 25.7 Å². The Kier molecular flexibility index (Phi) is 9.63. The fraction of sp³-hybridized carbons (Fsp3) is 0.704. The summed E-state index contributed by atoms with van der Waals surface area (Å²) in [7, 11) is 0. The third-order valence-corrected chi connectivity index (χ3v) is 7.11. The first-order valence-corrected chi connectivity index (χ1v) is 12.9. The second kappa shape index (κ2) is 12.4. The number of piperidine rings is 2. The second-order valence-corrected chi connectivity index (χ2v) is 10.8. The van der Waals surface area contributed by atoms with Gasteiger partial charge in [0.2, 0.25) is 0 Å². The van der Waals surface area contributed by atoms with E-state index in [1.165, 1.54) is 12.0 Å². The number of carboxylic acid groups (broad SMARTS) is 1. The Bertz CT molecular complexity index is 764. The van der Waals surface area contributed by atoms with Crippen LogP contribution >= 0.6 is 0 Å². The van der Waals surface area contributed by atoms with Crippen molar-refractivity contribution in [3.05, 3.63) is 35.9 Å². The van der Waals surface area contributed by atoms with Crippen molar-refractivity contribution in [2.75, 3.05) is 39.3 Å². The van der Waals surface area contributed by atoms with Gasteiger partial charge in [0, 0.05) is 38.8 Å². The molecule has 2 fully saturated rings. The molecule has 1 aromatic rings. The summed E-state index contributed by atoms with van der Waals surface area (Å²) in [5, 5.41) is 9.29. The van der Waals surface area contributed by atoms with Gasteiger partial charge in [-0.25, -0.2) is 9.59 Å². The van der Waals surface area contributed by atoms with Crippen molar-refractivity contribution in [3.8, 4) is 0 Å². The van der Waals surface area contributed by atoms with Gasteiger partial charge in [-0.1, -0.05) is 30.3 Å². The zero-order valence-electron chi connectivity index (χ0n) is 21.2. The minimum Gasteiger partial charge on any atom is -0.465 e. The Morgan fingerprint density at radius 2 is 1.59 bits per heavy atom. The predicted molar refractivity (Wildman–Crippen MR) is 134 cm³/mol. The van der Waals surface area contributed by atoms with Gasteiger partial charge in [0.1, 0.15) is 5.60 Å². The number of likely N-dealkylation sites (tertiary alicyclic amines) is 2. The Hall–Kier alpha value is -2.28. The van der Waals surface area contributed by atoms with E-state index in [2.05, 4.69) is 35.2 Å². The zero-order valence-corrected chi connectivity index (χ0v) is 21.2. The number of hydrogen-bond acceptors (Lipinski definition) is 4. The summed E-state index contributed by atoms with van der Waals surface area (Å²) < 4.78 is 5.52. The maximum Gasteiger partial charge on any atom is 0.410 e. The molecule has 0 aliphatic carbocycles. The fourth-order valence-electron chi connectivity index (χ4n) is 5.13. The summed E-state index contributed by atoms with van der Waals surface area (Å²) in [4.78, 5) is 29.6. The number of ether oxygens (including phenoxy) is 1. The van der Waals surface area contributed by atoms with Gasteiger partial charge in [-0.15, -0.1) is 0 Å². The number of nitrogens with zero attached hydrogens (tertiary/aromatic N) is 3. The molecule has 1 aromatic carbocycles. The molecule has 0 aromatic heterocycles. The number of carbonyl (C=O) groups is 2. The Morgan fingerprint density at radius 3 is 2.18 bits per heavy atom. The molecule has 2 saturated heterocycles. The number of carbonyl (C=O) groups excluding carboxylic acids is 1. The smallest absolute Gasteiger partial charge is 0.410 e. The largest absolute Gasteiger partial charge is 0.465 e. The number of benzene rings is 1. The molecule has 2 amide bonds. The van der Waals surface area contributed by atoms with Crippen LogP contribution in [0.4, 0.5) is 9.59 Å². The van der Waals surface area contributed by atoms with Crippen LogP contribution in [-0.2, 0) is 11.2 Å². The Morgan fingerprint density at radius 1 is 0.971 bits per heavy atom. The van der Waals surface area contributed by atoms with Crippen molar-refractivity contribution < 1.29 is 19.4 Å². The molecule has 7 heteroatoms. The van der Waals surface area contributed by atoms with Gasteiger partial charge < -0.3 is 19.6 Å². The molecule has 0 radical (unpaired) electrons. The predicted octanol–water partition coefficient (Wildman–Crippen LogP) is 5.10. The van der Waals surface area contributed by atoms with Crippen molar-refractivity contribution >= 4 is 12.2 Å². The van der Waals surface area contributed by atoms with E-state index in [-0.39, 0.29) is 6.09 Å². The third-order valence-electron chi connectivity index (χ3n) is 7.11. The van der Waals surface area contributed by atoms with Crippen LogP contribution in [0.25, 0.3) is 0 Å². The highest BCUT2D eigenvalue weighted by atomic mass is 16.6. The summed E-state index contributed by atoms with van der Waals surface area (Å²) in [6.07, 6.45) is 6.26. The van der Waals surface area contributed by atoms with Crippen LogP contribution in [0, 0.1) is 5.92 Å². The van der Waals surface area contributed by atoms with Crippen molar-refractivity contribution in [1.29, 1.82) is 0 Å². The lowest BCUT2D eigenvalue weighted by Crippen LogP contribution is -2.47. The highest BCUT2D eigenvalue weighted by Gasteiger charge is 2.28. The second-order valence-electron chi connectivity index (χ2n) is 10.8. The number of hydrogen-bond donors (Lipinski definition) is 1. The van der Waals surface area contributed by atoms with E-state index in [1.54, 1.807) is 4.90 Å². The highest BCUT2D eigenvalue weighted by Crippen LogP contribution is 2.25. The van der Waals surface area contributed by atoms with Gasteiger partial charge in [-0.05, 0) is 83.7 Å². The van der Waals surface area contributed by atoms with Crippen LogP contribution in [0.5, 0.6) is 0 Å². The van der Waals surface area contributed by atoms with Crippen molar-refractivity contribution in [3.63, 3.8) is 0 Å². The zero-order chi connectivity index (χ0) is 24.6. The molecule has 0 unspecified atom stereocenters. The van der Waals surface area contributed by atoms with E-state index >= 15 is 0 Å². The first-order chi connectivity index (χ1) is 16.2. The van der Waals surface area contributed by atoms with Crippen LogP contribution in [0.1, 0.15) is 64.9 Å². The lowest BCUT2D eigenvalue weighted by atomic mass is 9.92. The summed E-state index contributed by atoms with van der Waals surface area (Å²) in [5.41, 5.74) is 0.905. The molecule has 0 atom stereocenters. The average Bonchev–Trinajstić information content (AvgIpc) is 2.81. The summed E-state index contributed by atoms with van der Waals surface area (Å²) in [6, 6.07) is 11.1. The van der Waals surface area contributed by atoms with E-state index in [9.17, 15) is 14.7 Å². The fourth-order valence-corrected chi connectivity index (χ4v) is 5.13. The Labute approximate surface area is 205 Å². The maximum absolute atomic E-state index is 12.3. The van der Waals surface area contributed by atoms with E-state index in [4.69, 9.17) is 4.74 Å². The standard InChI is InChI=1S/C27H43N3O4/c1-27(2,3)34-26(33)30-18-12-23(13-19-30)10-7-16-28(17-11-22-8-5-4-6-9-22)24-14-20-29(21-15-24)25(31)32/h4-6,8-9,23-24H,7,10-21H2,1-3H3,(H,31,32). The molecule has 2 heterocycles. The molecule has 3 rings (SSSR count). The molecule has 190 valence electrons. The SMILES string of the molecule is CC(C)(C)OC(=O)N1CCC(CCCN(CCc2ccccc2)C2CCN(C(=O)O)CC2)CC1. The first kappa shape index (κ1) is 26.3. The van der Waals surface area contributed by atoms with Crippen molar-refractivity contribution in [1.82, 2.24) is 14.7 Å². The molecular weight excluding hydrogens is 430 g/mol. The highest BCUT2D eigenvalue weighted by molar-refractivity contribution is 5.68. The van der Waals surface area contributed by atoms with Crippen LogP contribution in [0.3, 0.4) is 0 Å². The minimum atomic E-state index is -0.799. The topological polar surface area (TPSA) is 73.3 Å². The molecule has 1 N–H and O–H groups in total. The molecular formula is C27H43N3O4. The van der Waals surface area contributed by atoms with Gasteiger partial charge in [0.25, 0.3) is 0 Å². The van der Waals surface area contributed by atoms with Gasteiger partial charge in [-0.3, -0.25) is 4.90 Å².